The number of halogens is 1. The molecular formula is C11H16BrN3O2. The average molecular weight is 302 g/mol. The number of rotatable bonds is 5. The lowest BCUT2D eigenvalue weighted by Crippen LogP contribution is -2.29. The lowest BCUT2D eigenvalue weighted by atomic mass is 10.1. The minimum atomic E-state index is 0.0534. The number of oxime groups is 1. The van der Waals surface area contributed by atoms with E-state index in [4.69, 9.17) is 16.0 Å². The zero-order valence-corrected chi connectivity index (χ0v) is 11.2. The first-order chi connectivity index (χ1) is 8.13. The molecule has 0 fully saturated rings. The number of aliphatic hydroxyl groups excluding tert-OH is 1. The molecule has 0 aliphatic rings. The lowest BCUT2D eigenvalue weighted by molar-refractivity contribution is 0.302. The van der Waals surface area contributed by atoms with E-state index in [9.17, 15) is 0 Å². The summed E-state index contributed by atoms with van der Waals surface area (Å²) in [6.07, 6.45) is 0. The van der Waals surface area contributed by atoms with Crippen LogP contribution in [0, 0.1) is 0 Å². The molecule has 0 unspecified atom stereocenters. The standard InChI is InChI=1S/C11H16BrN3O2/c1-2-15(5-6-16)10-4-3-8(12)7-9(10)11(13)14-17/h3-4,7,16-17H,2,5-6H2,1H3,(H2,13,14). The molecule has 0 spiro atoms. The Bertz CT molecular complexity index is 410. The molecule has 1 aromatic rings. The highest BCUT2D eigenvalue weighted by molar-refractivity contribution is 9.10. The molecule has 0 saturated carbocycles. The van der Waals surface area contributed by atoms with Crippen LogP contribution in [0.25, 0.3) is 0 Å². The maximum absolute atomic E-state index is 9.01. The van der Waals surface area contributed by atoms with E-state index >= 15 is 0 Å². The van der Waals surface area contributed by atoms with Crippen LogP contribution in [0.3, 0.4) is 0 Å². The van der Waals surface area contributed by atoms with E-state index in [1.807, 2.05) is 24.0 Å². The normalized spacial score (nSPS) is 11.6. The summed E-state index contributed by atoms with van der Waals surface area (Å²) in [6.45, 7) is 3.27. The fourth-order valence-corrected chi connectivity index (χ4v) is 1.97. The number of nitrogens with zero attached hydrogens (tertiary/aromatic N) is 2. The van der Waals surface area contributed by atoms with Crippen LogP contribution in [0.2, 0.25) is 0 Å². The minimum absolute atomic E-state index is 0.0534. The predicted octanol–water partition coefficient (Wildman–Crippen LogP) is 1.36. The third-order valence-electron chi connectivity index (χ3n) is 2.43. The first kappa shape index (κ1) is 13.8. The van der Waals surface area contributed by atoms with Gasteiger partial charge in [-0.1, -0.05) is 21.1 Å². The number of likely N-dealkylation sites (N-methyl/N-ethyl adjacent to an activating group) is 1. The molecule has 1 aromatic carbocycles. The van der Waals surface area contributed by atoms with Crippen LogP contribution in [0.1, 0.15) is 12.5 Å². The van der Waals surface area contributed by atoms with E-state index in [1.54, 1.807) is 6.07 Å². The van der Waals surface area contributed by atoms with Crippen LogP contribution >= 0.6 is 15.9 Å². The molecule has 17 heavy (non-hydrogen) atoms. The number of benzene rings is 1. The molecular weight excluding hydrogens is 286 g/mol. The monoisotopic (exact) mass is 301 g/mol. The molecule has 0 amide bonds. The Labute approximate surface area is 109 Å². The summed E-state index contributed by atoms with van der Waals surface area (Å²) in [5.41, 5.74) is 7.11. The molecule has 0 aliphatic carbocycles. The van der Waals surface area contributed by atoms with E-state index < -0.39 is 0 Å². The Kier molecular flexibility index (Phi) is 5.24. The smallest absolute Gasteiger partial charge is 0.172 e. The van der Waals surface area contributed by atoms with Gasteiger partial charge in [-0.25, -0.2) is 0 Å². The van der Waals surface area contributed by atoms with Crippen LogP contribution in [-0.2, 0) is 0 Å². The molecule has 4 N–H and O–H groups in total. The van der Waals surface area contributed by atoms with Crippen molar-refractivity contribution in [3.63, 3.8) is 0 Å². The SMILES string of the molecule is CCN(CCO)c1ccc(Br)cc1/C(N)=N/O. The summed E-state index contributed by atoms with van der Waals surface area (Å²) in [5.74, 6) is 0.0534. The van der Waals surface area contributed by atoms with Gasteiger partial charge in [-0.15, -0.1) is 0 Å². The second-order valence-corrected chi connectivity index (χ2v) is 4.37. The molecule has 6 heteroatoms. The maximum atomic E-state index is 9.01. The molecule has 94 valence electrons. The third kappa shape index (κ3) is 3.34. The summed E-state index contributed by atoms with van der Waals surface area (Å²) in [6, 6.07) is 5.53. The summed E-state index contributed by atoms with van der Waals surface area (Å²) >= 11 is 3.34. The molecule has 0 heterocycles. The van der Waals surface area contributed by atoms with Crippen molar-refractivity contribution in [1.82, 2.24) is 0 Å². The van der Waals surface area contributed by atoms with Crippen molar-refractivity contribution < 1.29 is 10.3 Å². The molecule has 0 saturated heterocycles. The Balaban J connectivity index is 3.21. The molecule has 0 bridgehead atoms. The number of hydrogen-bond donors (Lipinski definition) is 3. The highest BCUT2D eigenvalue weighted by Gasteiger charge is 2.13. The number of hydrogen-bond acceptors (Lipinski definition) is 4. The highest BCUT2D eigenvalue weighted by atomic mass is 79.9. The van der Waals surface area contributed by atoms with Gasteiger partial charge in [-0.2, -0.15) is 0 Å². The number of amidine groups is 1. The van der Waals surface area contributed by atoms with Crippen molar-refractivity contribution in [3.05, 3.63) is 28.2 Å². The Morgan fingerprint density at radius 3 is 2.76 bits per heavy atom. The van der Waals surface area contributed by atoms with Crippen molar-refractivity contribution >= 4 is 27.5 Å². The van der Waals surface area contributed by atoms with Gasteiger partial charge in [0.15, 0.2) is 5.84 Å². The van der Waals surface area contributed by atoms with Gasteiger partial charge in [-0.3, -0.25) is 0 Å². The predicted molar refractivity (Wildman–Crippen MR) is 71.6 cm³/mol. The van der Waals surface area contributed by atoms with Gasteiger partial charge >= 0.3 is 0 Å². The molecule has 5 nitrogen and oxygen atoms in total. The minimum Gasteiger partial charge on any atom is -0.409 e. The Morgan fingerprint density at radius 1 is 1.53 bits per heavy atom. The summed E-state index contributed by atoms with van der Waals surface area (Å²) in [5, 5.41) is 20.8. The first-order valence-corrected chi connectivity index (χ1v) is 6.06. The second-order valence-electron chi connectivity index (χ2n) is 3.45. The van der Waals surface area contributed by atoms with Gasteiger partial charge in [0.1, 0.15) is 0 Å². The first-order valence-electron chi connectivity index (χ1n) is 5.27. The molecule has 0 atom stereocenters. The fourth-order valence-electron chi connectivity index (χ4n) is 1.61. The lowest BCUT2D eigenvalue weighted by Gasteiger charge is -2.24. The van der Waals surface area contributed by atoms with Crippen LogP contribution in [0.15, 0.2) is 27.8 Å². The fraction of sp³-hybridized carbons (Fsp3) is 0.364. The Morgan fingerprint density at radius 2 is 2.24 bits per heavy atom. The van der Waals surface area contributed by atoms with E-state index in [-0.39, 0.29) is 12.4 Å². The van der Waals surface area contributed by atoms with E-state index in [2.05, 4.69) is 21.1 Å². The summed E-state index contributed by atoms with van der Waals surface area (Å²) in [4.78, 5) is 1.96. The van der Waals surface area contributed by atoms with Crippen LogP contribution in [-0.4, -0.2) is 35.8 Å². The zero-order valence-electron chi connectivity index (χ0n) is 9.60. The van der Waals surface area contributed by atoms with Crippen molar-refractivity contribution in [2.75, 3.05) is 24.6 Å². The van der Waals surface area contributed by atoms with Gasteiger partial charge in [0, 0.05) is 28.8 Å². The van der Waals surface area contributed by atoms with Gasteiger partial charge < -0.3 is 20.9 Å². The van der Waals surface area contributed by atoms with Crippen molar-refractivity contribution in [2.45, 2.75) is 6.92 Å². The molecule has 0 aromatic heterocycles. The van der Waals surface area contributed by atoms with E-state index in [1.165, 1.54) is 0 Å². The molecule has 1 rings (SSSR count). The zero-order chi connectivity index (χ0) is 12.8. The van der Waals surface area contributed by atoms with Crippen LogP contribution < -0.4 is 10.6 Å². The number of anilines is 1. The summed E-state index contributed by atoms with van der Waals surface area (Å²) in [7, 11) is 0. The third-order valence-corrected chi connectivity index (χ3v) is 2.93. The van der Waals surface area contributed by atoms with Gasteiger partial charge in [0.05, 0.1) is 6.61 Å². The quantitative estimate of drug-likeness (QED) is 0.332. The van der Waals surface area contributed by atoms with Crippen LogP contribution in [0.5, 0.6) is 0 Å². The summed E-state index contributed by atoms with van der Waals surface area (Å²) < 4.78 is 0.850. The number of aliphatic hydroxyl groups is 1. The van der Waals surface area contributed by atoms with Gasteiger partial charge in [0.25, 0.3) is 0 Å². The molecule has 0 aliphatic heterocycles. The van der Waals surface area contributed by atoms with Gasteiger partial charge in [0.2, 0.25) is 0 Å². The van der Waals surface area contributed by atoms with E-state index in [0.717, 1.165) is 16.7 Å². The van der Waals surface area contributed by atoms with Crippen molar-refractivity contribution in [3.8, 4) is 0 Å². The van der Waals surface area contributed by atoms with Gasteiger partial charge in [-0.05, 0) is 25.1 Å². The van der Waals surface area contributed by atoms with E-state index in [0.29, 0.717) is 12.1 Å². The largest absolute Gasteiger partial charge is 0.409 e. The topological polar surface area (TPSA) is 82.1 Å². The second kappa shape index (κ2) is 6.46. The maximum Gasteiger partial charge on any atom is 0.172 e. The molecule has 0 radical (unpaired) electrons. The van der Waals surface area contributed by atoms with Crippen LogP contribution in [0.4, 0.5) is 5.69 Å². The number of nitrogens with two attached hydrogens (primary N) is 1. The van der Waals surface area contributed by atoms with Crippen molar-refractivity contribution in [1.29, 1.82) is 0 Å². The Hall–Kier alpha value is -1.27. The average Bonchev–Trinajstić information content (AvgIpc) is 2.35. The van der Waals surface area contributed by atoms with Crippen molar-refractivity contribution in [2.24, 2.45) is 10.9 Å². The highest BCUT2D eigenvalue weighted by Crippen LogP contribution is 2.24.